The van der Waals surface area contributed by atoms with Gasteiger partial charge in [-0.25, -0.2) is 10.2 Å². The largest absolute Gasteiger partial charge is 0.497 e. The predicted octanol–water partition coefficient (Wildman–Crippen LogP) is 2.86. The fourth-order valence-electron chi connectivity index (χ4n) is 2.47. The zero-order chi connectivity index (χ0) is 20.3. The van der Waals surface area contributed by atoms with Crippen LogP contribution < -0.4 is 15.8 Å². The molecule has 1 aromatic heterocycles. The summed E-state index contributed by atoms with van der Waals surface area (Å²) in [6.45, 7) is 1.55. The van der Waals surface area contributed by atoms with Gasteiger partial charge in [-0.1, -0.05) is 0 Å². The first-order valence-electron chi connectivity index (χ1n) is 8.10. The standard InChI is InChI=1S/C19H15N3O6/c1-11(20-21-18(23)12-3-5-14(6-4-12)22(25)26)16-10-13-9-15(27-2)7-8-17(13)28-19(16)24/h3-10H,1-2H3,(H,21,23)/b20-11+. The maximum Gasteiger partial charge on any atom is 0.345 e. The molecule has 3 rings (SSSR count). The zero-order valence-electron chi connectivity index (χ0n) is 15.0. The van der Waals surface area contributed by atoms with Crippen LogP contribution in [0.1, 0.15) is 22.8 Å². The minimum atomic E-state index is -0.594. The summed E-state index contributed by atoms with van der Waals surface area (Å²) in [5, 5.41) is 15.2. The molecule has 0 aliphatic carbocycles. The third-order valence-electron chi connectivity index (χ3n) is 3.99. The van der Waals surface area contributed by atoms with Crippen molar-refractivity contribution in [2.24, 2.45) is 5.10 Å². The highest BCUT2D eigenvalue weighted by molar-refractivity contribution is 6.02. The van der Waals surface area contributed by atoms with Gasteiger partial charge in [-0.2, -0.15) is 5.10 Å². The lowest BCUT2D eigenvalue weighted by Gasteiger charge is -2.05. The van der Waals surface area contributed by atoms with Crippen LogP contribution in [0.25, 0.3) is 11.0 Å². The maximum atomic E-state index is 12.2. The Balaban J connectivity index is 1.84. The van der Waals surface area contributed by atoms with Crippen molar-refractivity contribution in [3.63, 3.8) is 0 Å². The van der Waals surface area contributed by atoms with Crippen LogP contribution in [0.3, 0.4) is 0 Å². The quantitative estimate of drug-likeness (QED) is 0.314. The number of nitrogens with zero attached hydrogens (tertiary/aromatic N) is 2. The molecule has 0 spiro atoms. The van der Waals surface area contributed by atoms with E-state index in [9.17, 15) is 19.7 Å². The van der Waals surface area contributed by atoms with Crippen LogP contribution in [0.2, 0.25) is 0 Å². The molecule has 9 nitrogen and oxygen atoms in total. The fraction of sp³-hybridized carbons (Fsp3) is 0.105. The number of nitro groups is 1. The minimum Gasteiger partial charge on any atom is -0.497 e. The van der Waals surface area contributed by atoms with Gasteiger partial charge in [0.2, 0.25) is 0 Å². The van der Waals surface area contributed by atoms with Crippen molar-refractivity contribution >= 4 is 28.3 Å². The number of amides is 1. The number of hydrazone groups is 1. The molecule has 0 atom stereocenters. The molecule has 1 heterocycles. The smallest absolute Gasteiger partial charge is 0.345 e. The summed E-state index contributed by atoms with van der Waals surface area (Å²) < 4.78 is 10.4. The number of hydrogen-bond donors (Lipinski definition) is 1. The van der Waals surface area contributed by atoms with E-state index in [-0.39, 0.29) is 22.5 Å². The summed E-state index contributed by atoms with van der Waals surface area (Å²) in [5.41, 5.74) is 2.62. The van der Waals surface area contributed by atoms with E-state index in [1.165, 1.54) is 31.4 Å². The van der Waals surface area contributed by atoms with Gasteiger partial charge in [0, 0.05) is 23.1 Å². The molecule has 0 aliphatic rings. The van der Waals surface area contributed by atoms with E-state index < -0.39 is 16.5 Å². The van der Waals surface area contributed by atoms with Gasteiger partial charge in [-0.15, -0.1) is 0 Å². The number of carbonyl (C=O) groups is 1. The fourth-order valence-corrected chi connectivity index (χ4v) is 2.47. The molecule has 0 fully saturated rings. The van der Waals surface area contributed by atoms with Crippen molar-refractivity contribution in [3.05, 3.63) is 80.2 Å². The Morgan fingerprint density at radius 1 is 1.18 bits per heavy atom. The number of ether oxygens (including phenoxy) is 1. The van der Waals surface area contributed by atoms with Crippen molar-refractivity contribution in [3.8, 4) is 5.75 Å². The summed E-state index contributed by atoms with van der Waals surface area (Å²) in [6.07, 6.45) is 0. The van der Waals surface area contributed by atoms with Crippen LogP contribution in [0.15, 0.2) is 62.8 Å². The Bertz CT molecular complexity index is 1150. The number of non-ortho nitro benzene ring substituents is 1. The monoisotopic (exact) mass is 381 g/mol. The van der Waals surface area contributed by atoms with Gasteiger partial charge >= 0.3 is 5.63 Å². The highest BCUT2D eigenvalue weighted by Crippen LogP contribution is 2.20. The second-order valence-electron chi connectivity index (χ2n) is 5.79. The van der Waals surface area contributed by atoms with Crippen molar-refractivity contribution in [1.29, 1.82) is 0 Å². The topological polar surface area (TPSA) is 124 Å². The van der Waals surface area contributed by atoms with Crippen LogP contribution >= 0.6 is 0 Å². The molecule has 3 aromatic rings. The number of fused-ring (bicyclic) bond motifs is 1. The molecule has 1 N–H and O–H groups in total. The van der Waals surface area contributed by atoms with E-state index in [1.807, 2.05) is 0 Å². The number of methoxy groups -OCH3 is 1. The van der Waals surface area contributed by atoms with E-state index in [2.05, 4.69) is 10.5 Å². The summed E-state index contributed by atoms with van der Waals surface area (Å²) in [7, 11) is 1.53. The van der Waals surface area contributed by atoms with E-state index >= 15 is 0 Å². The first kappa shape index (κ1) is 18.8. The third-order valence-corrected chi connectivity index (χ3v) is 3.99. The Morgan fingerprint density at radius 2 is 1.89 bits per heavy atom. The average Bonchev–Trinajstić information content (AvgIpc) is 2.70. The minimum absolute atomic E-state index is 0.125. The van der Waals surface area contributed by atoms with Gasteiger partial charge in [-0.05, 0) is 43.3 Å². The van der Waals surface area contributed by atoms with Gasteiger partial charge < -0.3 is 9.15 Å². The van der Waals surface area contributed by atoms with Gasteiger partial charge in [0.15, 0.2) is 0 Å². The number of rotatable bonds is 5. The van der Waals surface area contributed by atoms with Crippen LogP contribution in [-0.4, -0.2) is 23.7 Å². The number of hydrogen-bond acceptors (Lipinski definition) is 7. The molecule has 0 radical (unpaired) electrons. The Hall–Kier alpha value is -4.01. The molecule has 28 heavy (non-hydrogen) atoms. The van der Waals surface area contributed by atoms with Crippen molar-refractivity contribution in [2.75, 3.05) is 7.11 Å². The van der Waals surface area contributed by atoms with Gasteiger partial charge in [0.25, 0.3) is 11.6 Å². The first-order valence-corrected chi connectivity index (χ1v) is 8.10. The summed E-state index contributed by atoms with van der Waals surface area (Å²) in [5.74, 6) is 0.0365. The van der Waals surface area contributed by atoms with Crippen molar-refractivity contribution in [2.45, 2.75) is 6.92 Å². The second-order valence-corrected chi connectivity index (χ2v) is 5.79. The second kappa shape index (κ2) is 7.70. The molecular weight excluding hydrogens is 366 g/mol. The maximum absolute atomic E-state index is 12.2. The van der Waals surface area contributed by atoms with Crippen LogP contribution in [-0.2, 0) is 0 Å². The Kier molecular flexibility index (Phi) is 5.16. The number of nitro benzene ring substituents is 1. The van der Waals surface area contributed by atoms with Crippen molar-refractivity contribution < 1.29 is 18.9 Å². The molecule has 9 heteroatoms. The lowest BCUT2D eigenvalue weighted by Crippen LogP contribution is -2.21. The van der Waals surface area contributed by atoms with E-state index in [4.69, 9.17) is 9.15 Å². The summed E-state index contributed by atoms with van der Waals surface area (Å²) in [6, 6.07) is 11.7. The number of nitrogens with one attached hydrogen (secondary N) is 1. The Labute approximate surface area is 158 Å². The zero-order valence-corrected chi connectivity index (χ0v) is 15.0. The molecule has 1 amide bonds. The predicted molar refractivity (Wildman–Crippen MR) is 102 cm³/mol. The number of carbonyl (C=O) groups excluding carboxylic acids is 1. The first-order chi connectivity index (χ1) is 13.4. The highest BCUT2D eigenvalue weighted by Gasteiger charge is 2.12. The molecule has 0 aliphatic heterocycles. The molecule has 0 bridgehead atoms. The van der Waals surface area contributed by atoms with E-state index in [0.29, 0.717) is 16.7 Å². The van der Waals surface area contributed by atoms with Gasteiger partial charge in [0.05, 0.1) is 23.3 Å². The van der Waals surface area contributed by atoms with Crippen LogP contribution in [0.5, 0.6) is 5.75 Å². The lowest BCUT2D eigenvalue weighted by atomic mass is 10.1. The molecule has 0 unspecified atom stereocenters. The Morgan fingerprint density at radius 3 is 2.54 bits per heavy atom. The molecular formula is C19H15N3O6. The van der Waals surface area contributed by atoms with Gasteiger partial charge in [0.1, 0.15) is 11.3 Å². The molecule has 0 saturated carbocycles. The molecule has 2 aromatic carbocycles. The van der Waals surface area contributed by atoms with Crippen molar-refractivity contribution in [1.82, 2.24) is 5.43 Å². The van der Waals surface area contributed by atoms with Crippen LogP contribution in [0.4, 0.5) is 5.69 Å². The van der Waals surface area contributed by atoms with E-state index in [0.717, 1.165) is 0 Å². The van der Waals surface area contributed by atoms with Gasteiger partial charge in [-0.3, -0.25) is 14.9 Å². The lowest BCUT2D eigenvalue weighted by molar-refractivity contribution is -0.384. The normalized spacial score (nSPS) is 11.3. The molecule has 142 valence electrons. The third kappa shape index (κ3) is 3.88. The van der Waals surface area contributed by atoms with Crippen LogP contribution in [0, 0.1) is 10.1 Å². The summed E-state index contributed by atoms with van der Waals surface area (Å²) in [4.78, 5) is 34.4. The average molecular weight is 381 g/mol. The van der Waals surface area contributed by atoms with E-state index in [1.54, 1.807) is 31.2 Å². The number of benzene rings is 2. The SMILES string of the molecule is COc1ccc2oc(=O)c(/C(C)=N/NC(=O)c3ccc([N+](=O)[O-])cc3)cc2c1. The summed E-state index contributed by atoms with van der Waals surface area (Å²) >= 11 is 0. The highest BCUT2D eigenvalue weighted by atomic mass is 16.6. The molecule has 0 saturated heterocycles.